The summed E-state index contributed by atoms with van der Waals surface area (Å²) in [4.78, 5) is 23.3. The predicted molar refractivity (Wildman–Crippen MR) is 83.6 cm³/mol. The molecule has 0 radical (unpaired) electrons. The number of H-pyrrole nitrogens is 1. The largest absolute Gasteiger partial charge is 0.497 e. The van der Waals surface area contributed by atoms with Crippen LogP contribution in [0.3, 0.4) is 0 Å². The van der Waals surface area contributed by atoms with Crippen molar-refractivity contribution in [3.8, 4) is 23.1 Å². The third-order valence-electron chi connectivity index (χ3n) is 3.24. The highest BCUT2D eigenvalue weighted by molar-refractivity contribution is 5.80. The van der Waals surface area contributed by atoms with Gasteiger partial charge in [-0.3, -0.25) is 4.79 Å². The van der Waals surface area contributed by atoms with Crippen LogP contribution in [0.2, 0.25) is 0 Å². The number of alkyl halides is 2. The lowest BCUT2D eigenvalue weighted by Gasteiger charge is -2.07. The van der Waals surface area contributed by atoms with Crippen molar-refractivity contribution in [2.45, 2.75) is 6.43 Å². The van der Waals surface area contributed by atoms with Gasteiger partial charge in [-0.1, -0.05) is 6.07 Å². The van der Waals surface area contributed by atoms with E-state index in [0.29, 0.717) is 22.3 Å². The SMILES string of the molecule is COc1ccc2nc(-c3cccc(OCC(F)F)n3)[nH]c(=O)c2c1. The Kier molecular flexibility index (Phi) is 4.37. The molecule has 2 aromatic heterocycles. The van der Waals surface area contributed by atoms with Crippen LogP contribution in [0.25, 0.3) is 22.4 Å². The molecule has 2 heterocycles. The molecule has 0 aliphatic rings. The first-order valence-electron chi connectivity index (χ1n) is 7.03. The van der Waals surface area contributed by atoms with Crippen LogP contribution in [-0.4, -0.2) is 35.1 Å². The molecule has 0 amide bonds. The summed E-state index contributed by atoms with van der Waals surface area (Å²) in [5.41, 5.74) is 0.432. The van der Waals surface area contributed by atoms with Crippen LogP contribution in [0, 0.1) is 0 Å². The summed E-state index contributed by atoms with van der Waals surface area (Å²) < 4.78 is 34.4. The number of benzene rings is 1. The number of aromatic amines is 1. The van der Waals surface area contributed by atoms with Crippen molar-refractivity contribution >= 4 is 10.9 Å². The Balaban J connectivity index is 2.00. The zero-order valence-electron chi connectivity index (χ0n) is 12.6. The van der Waals surface area contributed by atoms with Crippen LogP contribution < -0.4 is 15.0 Å². The minimum atomic E-state index is -2.59. The number of fused-ring (bicyclic) bond motifs is 1. The van der Waals surface area contributed by atoms with E-state index in [1.165, 1.54) is 13.2 Å². The fourth-order valence-electron chi connectivity index (χ4n) is 2.14. The first kappa shape index (κ1) is 15.9. The number of nitrogens with one attached hydrogen (secondary N) is 1. The molecule has 0 unspecified atom stereocenters. The lowest BCUT2D eigenvalue weighted by molar-refractivity contribution is 0.0796. The van der Waals surface area contributed by atoms with E-state index >= 15 is 0 Å². The molecule has 0 atom stereocenters. The molecular weight excluding hydrogens is 320 g/mol. The van der Waals surface area contributed by atoms with Crippen LogP contribution in [0.5, 0.6) is 11.6 Å². The van der Waals surface area contributed by atoms with Crippen LogP contribution in [0.4, 0.5) is 8.78 Å². The summed E-state index contributed by atoms with van der Waals surface area (Å²) in [6.45, 7) is -0.752. The first-order chi connectivity index (χ1) is 11.6. The Morgan fingerprint density at radius 2 is 2.04 bits per heavy atom. The van der Waals surface area contributed by atoms with Crippen LogP contribution >= 0.6 is 0 Å². The van der Waals surface area contributed by atoms with Crippen molar-refractivity contribution in [2.24, 2.45) is 0 Å². The van der Waals surface area contributed by atoms with Gasteiger partial charge in [-0.15, -0.1) is 0 Å². The molecule has 1 aromatic carbocycles. The topological polar surface area (TPSA) is 77.1 Å². The number of hydrogen-bond donors (Lipinski definition) is 1. The molecule has 3 rings (SSSR count). The van der Waals surface area contributed by atoms with Gasteiger partial charge in [0.2, 0.25) is 5.88 Å². The molecule has 3 aromatic rings. The minimum absolute atomic E-state index is 0.0327. The van der Waals surface area contributed by atoms with Crippen molar-refractivity contribution in [3.63, 3.8) is 0 Å². The molecule has 8 heteroatoms. The molecule has 0 aliphatic heterocycles. The van der Waals surface area contributed by atoms with Crippen LogP contribution in [0.15, 0.2) is 41.2 Å². The molecule has 0 spiro atoms. The third-order valence-corrected chi connectivity index (χ3v) is 3.24. The Labute approximate surface area is 135 Å². The second-order valence-electron chi connectivity index (χ2n) is 4.86. The molecule has 0 bridgehead atoms. The highest BCUT2D eigenvalue weighted by atomic mass is 19.3. The number of rotatable bonds is 5. The zero-order valence-corrected chi connectivity index (χ0v) is 12.6. The quantitative estimate of drug-likeness (QED) is 0.777. The standard InChI is InChI=1S/C16H13F2N3O3/c1-23-9-5-6-11-10(7-9)16(22)21-15(20-11)12-3-2-4-14(19-12)24-8-13(17)18/h2-7,13H,8H2,1H3,(H,20,21,22). The van der Waals surface area contributed by atoms with Crippen molar-refractivity contribution in [2.75, 3.05) is 13.7 Å². The molecular formula is C16H13F2N3O3. The second-order valence-corrected chi connectivity index (χ2v) is 4.86. The van der Waals surface area contributed by atoms with Crippen molar-refractivity contribution in [1.29, 1.82) is 0 Å². The van der Waals surface area contributed by atoms with E-state index < -0.39 is 13.0 Å². The van der Waals surface area contributed by atoms with E-state index in [1.54, 1.807) is 30.3 Å². The molecule has 0 aliphatic carbocycles. The molecule has 1 N–H and O–H groups in total. The summed E-state index contributed by atoms with van der Waals surface area (Å²) in [6.07, 6.45) is -2.59. The van der Waals surface area contributed by atoms with Gasteiger partial charge < -0.3 is 14.5 Å². The monoisotopic (exact) mass is 333 g/mol. The molecule has 0 saturated heterocycles. The normalized spacial score (nSPS) is 11.0. The van der Waals surface area contributed by atoms with E-state index in [1.807, 2.05) is 0 Å². The van der Waals surface area contributed by atoms with E-state index in [4.69, 9.17) is 9.47 Å². The molecule has 0 fully saturated rings. The Morgan fingerprint density at radius 3 is 2.79 bits per heavy atom. The summed E-state index contributed by atoms with van der Waals surface area (Å²) in [7, 11) is 1.51. The summed E-state index contributed by atoms with van der Waals surface area (Å²) in [5, 5.41) is 0.378. The average molecular weight is 333 g/mol. The van der Waals surface area contributed by atoms with Crippen LogP contribution in [0.1, 0.15) is 0 Å². The van der Waals surface area contributed by atoms with Gasteiger partial charge in [0.25, 0.3) is 12.0 Å². The number of hydrogen-bond acceptors (Lipinski definition) is 5. The Hall–Kier alpha value is -3.03. The van der Waals surface area contributed by atoms with Gasteiger partial charge in [0.15, 0.2) is 12.4 Å². The zero-order chi connectivity index (χ0) is 17.1. The number of halogens is 2. The maximum atomic E-state index is 12.2. The van der Waals surface area contributed by atoms with Gasteiger partial charge >= 0.3 is 0 Å². The van der Waals surface area contributed by atoms with E-state index in [-0.39, 0.29) is 17.3 Å². The number of methoxy groups -OCH3 is 1. The van der Waals surface area contributed by atoms with Gasteiger partial charge in [-0.05, 0) is 24.3 Å². The van der Waals surface area contributed by atoms with Gasteiger partial charge in [0.05, 0.1) is 18.0 Å². The third kappa shape index (κ3) is 3.32. The smallest absolute Gasteiger partial charge is 0.272 e. The van der Waals surface area contributed by atoms with E-state index in [9.17, 15) is 13.6 Å². The molecule has 124 valence electrons. The van der Waals surface area contributed by atoms with Gasteiger partial charge in [-0.25, -0.2) is 18.7 Å². The number of ether oxygens (including phenoxy) is 2. The average Bonchev–Trinajstić information content (AvgIpc) is 2.60. The first-order valence-corrected chi connectivity index (χ1v) is 7.03. The summed E-state index contributed by atoms with van der Waals surface area (Å²) in [6, 6.07) is 9.57. The van der Waals surface area contributed by atoms with Crippen molar-refractivity contribution < 1.29 is 18.3 Å². The summed E-state index contributed by atoms with van der Waals surface area (Å²) >= 11 is 0. The maximum absolute atomic E-state index is 12.2. The summed E-state index contributed by atoms with van der Waals surface area (Å²) in [5.74, 6) is 0.800. The highest BCUT2D eigenvalue weighted by Gasteiger charge is 2.10. The highest BCUT2D eigenvalue weighted by Crippen LogP contribution is 2.20. The Bertz CT molecular complexity index is 928. The van der Waals surface area contributed by atoms with E-state index in [0.717, 1.165) is 0 Å². The van der Waals surface area contributed by atoms with Crippen LogP contribution in [-0.2, 0) is 0 Å². The van der Waals surface area contributed by atoms with Gasteiger partial charge in [0, 0.05) is 6.07 Å². The molecule has 24 heavy (non-hydrogen) atoms. The minimum Gasteiger partial charge on any atom is -0.497 e. The van der Waals surface area contributed by atoms with Crippen molar-refractivity contribution in [1.82, 2.24) is 15.0 Å². The number of pyridine rings is 1. The molecule has 6 nitrogen and oxygen atoms in total. The fraction of sp³-hybridized carbons (Fsp3) is 0.188. The van der Waals surface area contributed by atoms with Gasteiger partial charge in [0.1, 0.15) is 11.4 Å². The van der Waals surface area contributed by atoms with Gasteiger partial charge in [-0.2, -0.15) is 0 Å². The second kappa shape index (κ2) is 6.61. The number of aromatic nitrogens is 3. The lowest BCUT2D eigenvalue weighted by Crippen LogP contribution is -2.11. The lowest BCUT2D eigenvalue weighted by atomic mass is 10.2. The van der Waals surface area contributed by atoms with Crippen molar-refractivity contribution in [3.05, 3.63) is 46.8 Å². The van der Waals surface area contributed by atoms with E-state index in [2.05, 4.69) is 15.0 Å². The Morgan fingerprint density at radius 1 is 1.21 bits per heavy atom. The molecule has 0 saturated carbocycles. The fourth-order valence-corrected chi connectivity index (χ4v) is 2.14. The number of nitrogens with zero attached hydrogens (tertiary/aromatic N) is 2. The maximum Gasteiger partial charge on any atom is 0.272 e. The predicted octanol–water partition coefficient (Wildman–Crippen LogP) is 2.64.